The fraction of sp³-hybridized carbons (Fsp3) is 0.750. The number of aliphatic hydroxyl groups excluding tert-OH is 1. The second-order valence-corrected chi connectivity index (χ2v) is 5.63. The Morgan fingerprint density at radius 3 is 3.00 bits per heavy atom. The van der Waals surface area contributed by atoms with Crippen molar-refractivity contribution in [2.45, 2.75) is 70.3 Å². The van der Waals surface area contributed by atoms with E-state index in [1.807, 2.05) is 0 Å². The minimum absolute atomic E-state index is 0.109. The van der Waals surface area contributed by atoms with Gasteiger partial charge < -0.3 is 5.11 Å². The maximum atomic E-state index is 10.4. The average Bonchev–Trinajstić information content (AvgIpc) is 2.72. The van der Waals surface area contributed by atoms with Crippen molar-refractivity contribution in [1.29, 1.82) is 0 Å². The van der Waals surface area contributed by atoms with Crippen LogP contribution in [0.25, 0.3) is 0 Å². The molecule has 0 aromatic rings. The highest BCUT2D eigenvalue weighted by molar-refractivity contribution is 5.06. The van der Waals surface area contributed by atoms with E-state index in [0.29, 0.717) is 5.92 Å². The van der Waals surface area contributed by atoms with Crippen LogP contribution in [0.1, 0.15) is 64.2 Å². The van der Waals surface area contributed by atoms with Gasteiger partial charge in [-0.15, -0.1) is 0 Å². The van der Waals surface area contributed by atoms with E-state index in [-0.39, 0.29) is 6.10 Å². The molecule has 0 radical (unpaired) electrons. The molecule has 0 aromatic heterocycles. The van der Waals surface area contributed by atoms with E-state index in [2.05, 4.69) is 18.2 Å². The fourth-order valence-electron chi connectivity index (χ4n) is 3.06. The maximum Gasteiger partial charge on any atom is 0.0608 e. The Morgan fingerprint density at radius 1 is 1.12 bits per heavy atom. The highest BCUT2D eigenvalue weighted by atomic mass is 16.3. The van der Waals surface area contributed by atoms with Crippen LogP contribution in [0.2, 0.25) is 0 Å². The largest absolute Gasteiger partial charge is 0.392 e. The first kappa shape index (κ1) is 12.9. The number of rotatable bonds is 3. The zero-order valence-corrected chi connectivity index (χ0v) is 10.9. The highest BCUT2D eigenvalue weighted by Crippen LogP contribution is 2.28. The van der Waals surface area contributed by atoms with Gasteiger partial charge in [-0.1, -0.05) is 30.2 Å². The van der Waals surface area contributed by atoms with Gasteiger partial charge in [0, 0.05) is 0 Å². The summed E-state index contributed by atoms with van der Waals surface area (Å²) >= 11 is 0. The Labute approximate surface area is 106 Å². The smallest absolute Gasteiger partial charge is 0.0608 e. The minimum Gasteiger partial charge on any atom is -0.392 e. The lowest BCUT2D eigenvalue weighted by atomic mass is 9.89. The van der Waals surface area contributed by atoms with Crippen molar-refractivity contribution in [1.82, 2.24) is 0 Å². The van der Waals surface area contributed by atoms with Crippen LogP contribution in [-0.4, -0.2) is 11.2 Å². The average molecular weight is 234 g/mol. The molecule has 2 aliphatic carbocycles. The van der Waals surface area contributed by atoms with E-state index in [4.69, 9.17) is 0 Å². The van der Waals surface area contributed by atoms with Gasteiger partial charge >= 0.3 is 0 Å². The summed E-state index contributed by atoms with van der Waals surface area (Å²) in [5, 5.41) is 10.4. The molecule has 2 atom stereocenters. The van der Waals surface area contributed by atoms with Crippen LogP contribution < -0.4 is 0 Å². The summed E-state index contributed by atoms with van der Waals surface area (Å²) in [5.41, 5.74) is 1.52. The molecule has 0 spiro atoms. The van der Waals surface area contributed by atoms with Gasteiger partial charge in [0.05, 0.1) is 6.10 Å². The normalized spacial score (nSPS) is 28.1. The van der Waals surface area contributed by atoms with E-state index in [1.165, 1.54) is 56.9 Å². The quantitative estimate of drug-likeness (QED) is 0.719. The first-order valence-corrected chi connectivity index (χ1v) is 7.37. The second kappa shape index (κ2) is 7.00. The third-order valence-corrected chi connectivity index (χ3v) is 4.20. The molecule has 1 N–H and O–H groups in total. The van der Waals surface area contributed by atoms with Crippen LogP contribution in [0.15, 0.2) is 23.8 Å². The van der Waals surface area contributed by atoms with Crippen LogP contribution in [0.4, 0.5) is 0 Å². The van der Waals surface area contributed by atoms with Gasteiger partial charge in [-0.2, -0.15) is 0 Å². The molecule has 0 amide bonds. The molecule has 0 aliphatic heterocycles. The standard InChI is InChI=1S/C16H26O/c17-16(15-11-7-3-4-8-12-15)13-14-9-5-1-2-6-10-14/h3,7,9,15-17H,1-2,4-6,8,10-13H2. The molecule has 1 nitrogen and oxygen atoms in total. The van der Waals surface area contributed by atoms with Gasteiger partial charge in [0.2, 0.25) is 0 Å². The molecular weight excluding hydrogens is 208 g/mol. The molecule has 0 bridgehead atoms. The van der Waals surface area contributed by atoms with Crippen molar-refractivity contribution < 1.29 is 5.11 Å². The molecule has 0 heterocycles. The summed E-state index contributed by atoms with van der Waals surface area (Å²) in [6.07, 6.45) is 19.0. The number of aliphatic hydroxyl groups is 1. The van der Waals surface area contributed by atoms with Crippen LogP contribution in [0.3, 0.4) is 0 Å². The number of hydrogen-bond donors (Lipinski definition) is 1. The summed E-state index contributed by atoms with van der Waals surface area (Å²) in [7, 11) is 0. The lowest BCUT2D eigenvalue weighted by molar-refractivity contribution is 0.103. The lowest BCUT2D eigenvalue weighted by Crippen LogP contribution is -2.20. The molecule has 0 saturated carbocycles. The summed E-state index contributed by atoms with van der Waals surface area (Å²) < 4.78 is 0. The van der Waals surface area contributed by atoms with Crippen LogP contribution >= 0.6 is 0 Å². The zero-order chi connectivity index (χ0) is 11.9. The van der Waals surface area contributed by atoms with E-state index in [9.17, 15) is 5.11 Å². The van der Waals surface area contributed by atoms with E-state index >= 15 is 0 Å². The predicted molar refractivity (Wildman–Crippen MR) is 72.9 cm³/mol. The zero-order valence-electron chi connectivity index (χ0n) is 10.9. The Hall–Kier alpha value is -0.560. The number of allylic oxidation sites excluding steroid dienone is 3. The van der Waals surface area contributed by atoms with Gasteiger partial charge in [0.1, 0.15) is 0 Å². The molecule has 17 heavy (non-hydrogen) atoms. The molecule has 0 fully saturated rings. The molecule has 2 aliphatic rings. The second-order valence-electron chi connectivity index (χ2n) is 5.63. The SMILES string of the molecule is OC(CC1=CCCCCC1)C1CC=CCCC1. The highest BCUT2D eigenvalue weighted by Gasteiger charge is 2.20. The lowest BCUT2D eigenvalue weighted by Gasteiger charge is -2.22. The van der Waals surface area contributed by atoms with Gasteiger partial charge in [0.25, 0.3) is 0 Å². The minimum atomic E-state index is -0.109. The van der Waals surface area contributed by atoms with Crippen LogP contribution in [0.5, 0.6) is 0 Å². The Morgan fingerprint density at radius 2 is 2.06 bits per heavy atom. The Balaban J connectivity index is 1.84. The first-order chi connectivity index (χ1) is 8.36. The number of hydrogen-bond acceptors (Lipinski definition) is 1. The topological polar surface area (TPSA) is 20.2 Å². The van der Waals surface area contributed by atoms with E-state index < -0.39 is 0 Å². The Kier molecular flexibility index (Phi) is 5.31. The van der Waals surface area contributed by atoms with E-state index in [0.717, 1.165) is 12.8 Å². The van der Waals surface area contributed by atoms with Crippen molar-refractivity contribution in [2.75, 3.05) is 0 Å². The molecule has 2 unspecified atom stereocenters. The fourth-order valence-corrected chi connectivity index (χ4v) is 3.06. The van der Waals surface area contributed by atoms with Crippen molar-refractivity contribution in [3.63, 3.8) is 0 Å². The summed E-state index contributed by atoms with van der Waals surface area (Å²) in [6, 6.07) is 0. The van der Waals surface area contributed by atoms with Crippen LogP contribution in [-0.2, 0) is 0 Å². The van der Waals surface area contributed by atoms with Gasteiger partial charge in [0.15, 0.2) is 0 Å². The van der Waals surface area contributed by atoms with Crippen molar-refractivity contribution in [3.05, 3.63) is 23.8 Å². The molecule has 2 rings (SSSR count). The summed E-state index contributed by atoms with van der Waals surface area (Å²) in [5.74, 6) is 0.498. The summed E-state index contributed by atoms with van der Waals surface area (Å²) in [4.78, 5) is 0. The summed E-state index contributed by atoms with van der Waals surface area (Å²) in [6.45, 7) is 0. The van der Waals surface area contributed by atoms with Gasteiger partial charge in [-0.25, -0.2) is 0 Å². The third-order valence-electron chi connectivity index (χ3n) is 4.20. The van der Waals surface area contributed by atoms with Gasteiger partial charge in [-0.05, 0) is 63.7 Å². The van der Waals surface area contributed by atoms with Crippen LogP contribution in [0, 0.1) is 5.92 Å². The molecule has 96 valence electrons. The third kappa shape index (κ3) is 4.31. The van der Waals surface area contributed by atoms with Crippen molar-refractivity contribution >= 4 is 0 Å². The predicted octanol–water partition coefficient (Wildman–Crippen LogP) is 4.37. The Bertz CT molecular complexity index is 277. The molecule has 0 saturated heterocycles. The monoisotopic (exact) mass is 234 g/mol. The van der Waals surface area contributed by atoms with Crippen molar-refractivity contribution in [3.8, 4) is 0 Å². The van der Waals surface area contributed by atoms with Crippen molar-refractivity contribution in [2.24, 2.45) is 5.92 Å². The first-order valence-electron chi connectivity index (χ1n) is 7.37. The molecular formula is C16H26O. The van der Waals surface area contributed by atoms with Gasteiger partial charge in [-0.3, -0.25) is 0 Å². The molecule has 1 heteroatoms. The maximum absolute atomic E-state index is 10.4. The molecule has 0 aromatic carbocycles. The van der Waals surface area contributed by atoms with E-state index in [1.54, 1.807) is 0 Å².